The average Bonchev–Trinajstić information content (AvgIpc) is 2.17. The quantitative estimate of drug-likeness (QED) is 0.380. The first kappa shape index (κ1) is 8.17. The molecule has 2 amide bonds. The van der Waals surface area contributed by atoms with Crippen LogP contribution in [0.25, 0.3) is 0 Å². The van der Waals surface area contributed by atoms with E-state index >= 15 is 0 Å². The van der Waals surface area contributed by atoms with Gasteiger partial charge in [0.2, 0.25) is 0 Å². The average molecular weight is 151 g/mol. The summed E-state index contributed by atoms with van der Waals surface area (Å²) < 4.78 is 0. The third kappa shape index (κ3) is 1.02. The number of carbonyl (C=O) groups excluding carboxylic acids is 2. The first-order valence-corrected chi connectivity index (χ1v) is 3.59. The van der Waals surface area contributed by atoms with Gasteiger partial charge in [0.15, 0.2) is 0 Å². The van der Waals surface area contributed by atoms with Gasteiger partial charge in [-0.3, -0.25) is 0 Å². The van der Waals surface area contributed by atoms with E-state index in [0.717, 1.165) is 4.81 Å². The molecular weight excluding hydrogens is 141 g/mol. The van der Waals surface area contributed by atoms with Crippen molar-refractivity contribution in [2.24, 2.45) is 11.8 Å². The molecule has 1 heterocycles. The van der Waals surface area contributed by atoms with Crippen molar-refractivity contribution in [3.05, 3.63) is 0 Å². The Balaban J connectivity index is 2.94. The van der Waals surface area contributed by atoms with Crippen molar-refractivity contribution in [3.63, 3.8) is 0 Å². The van der Waals surface area contributed by atoms with Gasteiger partial charge in [-0.05, 0) is 0 Å². The number of amides is 2. The Morgan fingerprint density at radius 3 is 1.82 bits per heavy atom. The molecule has 0 aromatic carbocycles. The second-order valence-electron chi connectivity index (χ2n) is 2.81. The van der Waals surface area contributed by atoms with E-state index in [-0.39, 0.29) is 23.7 Å². The maximum absolute atomic E-state index is 11.2. The van der Waals surface area contributed by atoms with E-state index in [1.54, 1.807) is 13.8 Å². The molecule has 1 saturated heterocycles. The van der Waals surface area contributed by atoms with E-state index in [0.29, 0.717) is 0 Å². The molecule has 0 aromatic rings. The summed E-state index contributed by atoms with van der Waals surface area (Å²) in [5.74, 6) is -0.670. The molecule has 0 saturated carbocycles. The maximum atomic E-state index is 11.2. The number of nitrogens with zero attached hydrogens (tertiary/aromatic N) is 1. The molecule has 0 bridgehead atoms. The van der Waals surface area contributed by atoms with Gasteiger partial charge < -0.3 is 0 Å². The number of hydrogen-bond acceptors (Lipinski definition) is 2. The van der Waals surface area contributed by atoms with E-state index in [2.05, 4.69) is 6.47 Å². The molecular formula is C7H10BNO2. The fourth-order valence-electron chi connectivity index (χ4n) is 1.16. The van der Waals surface area contributed by atoms with Gasteiger partial charge >= 0.3 is 65.4 Å². The van der Waals surface area contributed by atoms with Crippen molar-refractivity contribution in [2.45, 2.75) is 13.8 Å². The van der Waals surface area contributed by atoms with Crippen LogP contribution in [0.3, 0.4) is 0 Å². The summed E-state index contributed by atoms with van der Waals surface area (Å²) in [5, 5.41) is 0. The van der Waals surface area contributed by atoms with Crippen molar-refractivity contribution in [1.82, 2.24) is 4.81 Å². The molecule has 0 aliphatic carbocycles. The van der Waals surface area contributed by atoms with Crippen LogP contribution in [0.4, 0.5) is 0 Å². The number of imide groups is 1. The molecule has 0 unspecified atom stereocenters. The third-order valence-corrected chi connectivity index (χ3v) is 2.19. The van der Waals surface area contributed by atoms with Crippen LogP contribution >= 0.6 is 0 Å². The number of rotatable bonds is 1. The summed E-state index contributed by atoms with van der Waals surface area (Å²) in [6.45, 7) is 6.91. The van der Waals surface area contributed by atoms with Crippen LogP contribution in [0.15, 0.2) is 0 Å². The van der Waals surface area contributed by atoms with Crippen molar-refractivity contribution >= 4 is 25.3 Å². The van der Waals surface area contributed by atoms with Crippen molar-refractivity contribution in [2.75, 3.05) is 0 Å². The molecule has 1 rings (SSSR count). The monoisotopic (exact) mass is 151 g/mol. The van der Waals surface area contributed by atoms with Crippen LogP contribution in [-0.4, -0.2) is 30.2 Å². The molecule has 0 aromatic heterocycles. The predicted molar refractivity (Wildman–Crippen MR) is 43.1 cm³/mol. The molecule has 11 heavy (non-hydrogen) atoms. The molecule has 0 radical (unpaired) electrons. The van der Waals surface area contributed by atoms with Gasteiger partial charge in [0, 0.05) is 0 Å². The zero-order valence-electron chi connectivity index (χ0n) is 6.70. The van der Waals surface area contributed by atoms with Gasteiger partial charge in [-0.1, -0.05) is 0 Å². The van der Waals surface area contributed by atoms with Gasteiger partial charge in [0.25, 0.3) is 0 Å². The van der Waals surface area contributed by atoms with Crippen LogP contribution in [0.5, 0.6) is 0 Å². The summed E-state index contributed by atoms with van der Waals surface area (Å²) in [6, 6.07) is 0. The standard InChI is InChI=1S/C7H10BNO2/c1-4-5(2)7(11)9(8-3)6(4)10/h4-5H,3H2,1-2H3/t4-,5-/m1/s1. The minimum atomic E-state index is -0.194. The van der Waals surface area contributed by atoms with Gasteiger partial charge in [-0.25, -0.2) is 0 Å². The molecule has 58 valence electrons. The molecule has 0 N–H and O–H groups in total. The zero-order chi connectivity index (χ0) is 8.59. The SMILES string of the molecule is C=BN1C(=O)[C@H](C)[C@@H](C)C1=O. The van der Waals surface area contributed by atoms with Crippen molar-refractivity contribution in [1.29, 1.82) is 0 Å². The van der Waals surface area contributed by atoms with Gasteiger partial charge in [-0.15, -0.1) is 0 Å². The molecule has 1 aliphatic heterocycles. The first-order valence-electron chi connectivity index (χ1n) is 3.59. The topological polar surface area (TPSA) is 37.4 Å². The first-order chi connectivity index (χ1) is 5.09. The molecule has 3 nitrogen and oxygen atoms in total. The fraction of sp³-hybridized carbons (Fsp3) is 0.571. The molecule has 1 aliphatic rings. The van der Waals surface area contributed by atoms with Gasteiger partial charge in [0.1, 0.15) is 0 Å². The van der Waals surface area contributed by atoms with Crippen LogP contribution in [0.2, 0.25) is 0 Å². The Bertz CT molecular complexity index is 206. The predicted octanol–water partition coefficient (Wildman–Crippen LogP) is -0.321. The van der Waals surface area contributed by atoms with E-state index in [9.17, 15) is 9.59 Å². The van der Waals surface area contributed by atoms with Crippen LogP contribution < -0.4 is 0 Å². The van der Waals surface area contributed by atoms with Crippen molar-refractivity contribution < 1.29 is 9.59 Å². The molecule has 2 atom stereocenters. The van der Waals surface area contributed by atoms with E-state index in [1.807, 2.05) is 0 Å². The van der Waals surface area contributed by atoms with Crippen molar-refractivity contribution in [3.8, 4) is 0 Å². The van der Waals surface area contributed by atoms with Gasteiger partial charge in [0.05, 0.1) is 0 Å². The van der Waals surface area contributed by atoms with E-state index in [1.165, 1.54) is 7.06 Å². The Morgan fingerprint density at radius 2 is 1.64 bits per heavy atom. The Morgan fingerprint density at radius 1 is 1.27 bits per heavy atom. The Kier molecular flexibility index (Phi) is 1.93. The zero-order valence-corrected chi connectivity index (χ0v) is 6.70. The summed E-state index contributed by atoms with van der Waals surface area (Å²) in [4.78, 5) is 23.5. The summed E-state index contributed by atoms with van der Waals surface area (Å²) in [5.41, 5.74) is 0. The second-order valence-corrected chi connectivity index (χ2v) is 2.81. The molecule has 0 spiro atoms. The third-order valence-electron chi connectivity index (χ3n) is 2.19. The Labute approximate surface area is 66.3 Å². The fourth-order valence-corrected chi connectivity index (χ4v) is 1.16. The minimum absolute atomic E-state index is 0.141. The molecule has 4 heteroatoms. The molecule has 1 fully saturated rings. The summed E-state index contributed by atoms with van der Waals surface area (Å²) in [7, 11) is 1.28. The summed E-state index contributed by atoms with van der Waals surface area (Å²) >= 11 is 0. The van der Waals surface area contributed by atoms with Gasteiger partial charge in [-0.2, -0.15) is 0 Å². The second kappa shape index (κ2) is 2.60. The Hall–Kier alpha value is -0.925. The number of carbonyl (C=O) groups is 2. The van der Waals surface area contributed by atoms with Crippen LogP contribution in [-0.2, 0) is 9.59 Å². The van der Waals surface area contributed by atoms with Crippen LogP contribution in [0.1, 0.15) is 13.8 Å². The number of hydrogen-bond donors (Lipinski definition) is 0. The van der Waals surface area contributed by atoms with Crippen LogP contribution in [0, 0.1) is 11.8 Å². The summed E-state index contributed by atoms with van der Waals surface area (Å²) in [6.07, 6.45) is 0. The van der Waals surface area contributed by atoms with E-state index in [4.69, 9.17) is 0 Å². The van der Waals surface area contributed by atoms with E-state index < -0.39 is 0 Å². The normalized spacial score (nSPS) is 30.9.